The predicted octanol–water partition coefficient (Wildman–Crippen LogP) is 3.56. The fourth-order valence-electron chi connectivity index (χ4n) is 4.54. The Morgan fingerprint density at radius 3 is 2.12 bits per heavy atom. The minimum absolute atomic E-state index is 0. The minimum atomic E-state index is -5.06. The van der Waals surface area contributed by atoms with E-state index in [1.807, 2.05) is 0 Å². The number of amides is 2. The van der Waals surface area contributed by atoms with Crippen molar-refractivity contribution in [2.24, 2.45) is 0 Å². The highest BCUT2D eigenvalue weighted by Gasteiger charge is 2.39. The quantitative estimate of drug-likeness (QED) is 0.347. The molecule has 1 aliphatic heterocycles. The molecule has 0 aliphatic carbocycles. The molecule has 2 amide bonds. The molecule has 3 N–H and O–H groups in total. The van der Waals surface area contributed by atoms with Crippen LogP contribution in [0.15, 0.2) is 63.2 Å². The molecule has 1 saturated heterocycles. The summed E-state index contributed by atoms with van der Waals surface area (Å²) in [6.07, 6.45) is -3.54. The Kier molecular flexibility index (Phi) is 11.6. The Bertz CT molecular complexity index is 1360. The normalized spacial score (nSPS) is 15.3. The van der Waals surface area contributed by atoms with Gasteiger partial charge in [-0.1, -0.05) is 18.2 Å². The smallest absolute Gasteiger partial charge is 0.317 e. The standard InChI is InChI=1S/C25H33F3N4O5S2.ClH/c1-3-32(4-2,24(33)31-19-12-14-29-15-13-19)17-16-30-39(36,37)23-18-21(10-11-22(23)25(26,27)28)38(34,35)20-8-6-5-7-9-20;/h5-11,18-19,29-30H,3-4,12-17H2,1-2H3;1H/p+1. The monoisotopic (exact) mass is 627 g/mol. The van der Waals surface area contributed by atoms with Gasteiger partial charge in [0.1, 0.15) is 6.54 Å². The van der Waals surface area contributed by atoms with E-state index in [0.29, 0.717) is 25.2 Å². The molecular weight excluding hydrogens is 593 g/mol. The molecule has 40 heavy (non-hydrogen) atoms. The minimum Gasteiger partial charge on any atom is -0.317 e. The first kappa shape index (κ1) is 34.0. The summed E-state index contributed by atoms with van der Waals surface area (Å²) in [7, 11) is -9.10. The summed E-state index contributed by atoms with van der Waals surface area (Å²) in [6.45, 7) is 5.43. The molecule has 224 valence electrons. The second-order valence-corrected chi connectivity index (χ2v) is 13.0. The molecule has 1 fully saturated rings. The number of nitrogens with one attached hydrogen (secondary N) is 3. The molecule has 15 heteroatoms. The fourth-order valence-corrected chi connectivity index (χ4v) is 7.19. The van der Waals surface area contributed by atoms with Crippen LogP contribution in [-0.4, -0.2) is 72.7 Å². The van der Waals surface area contributed by atoms with Gasteiger partial charge in [0.25, 0.3) is 0 Å². The van der Waals surface area contributed by atoms with Crippen LogP contribution in [0.1, 0.15) is 32.3 Å². The summed E-state index contributed by atoms with van der Waals surface area (Å²) >= 11 is 0. The van der Waals surface area contributed by atoms with Crippen molar-refractivity contribution in [1.29, 1.82) is 0 Å². The van der Waals surface area contributed by atoms with Gasteiger partial charge in [-0.15, -0.1) is 12.4 Å². The number of benzene rings is 2. The molecule has 0 bridgehead atoms. The highest BCUT2D eigenvalue weighted by molar-refractivity contribution is 7.91. The third kappa shape index (κ3) is 7.74. The number of quaternary nitrogens is 1. The summed E-state index contributed by atoms with van der Waals surface area (Å²) < 4.78 is 95.6. The Morgan fingerprint density at radius 1 is 0.975 bits per heavy atom. The first-order valence-corrected chi connectivity index (χ1v) is 15.6. The third-order valence-corrected chi connectivity index (χ3v) is 10.3. The molecule has 0 atom stereocenters. The molecule has 2 aromatic carbocycles. The number of rotatable bonds is 10. The zero-order valence-corrected chi connectivity index (χ0v) is 24.6. The van der Waals surface area contributed by atoms with Gasteiger partial charge in [0, 0.05) is 6.04 Å². The Morgan fingerprint density at radius 2 is 1.57 bits per heavy atom. The number of halogens is 4. The molecule has 0 spiro atoms. The molecule has 3 rings (SSSR count). The maximum Gasteiger partial charge on any atom is 0.417 e. The zero-order chi connectivity index (χ0) is 28.9. The number of nitrogens with zero attached hydrogens (tertiary/aromatic N) is 1. The fraction of sp³-hybridized carbons (Fsp3) is 0.480. The lowest BCUT2D eigenvalue weighted by Gasteiger charge is -2.35. The highest BCUT2D eigenvalue weighted by atomic mass is 35.5. The van der Waals surface area contributed by atoms with Gasteiger partial charge in [-0.3, -0.25) is 0 Å². The van der Waals surface area contributed by atoms with Gasteiger partial charge in [-0.25, -0.2) is 30.8 Å². The van der Waals surface area contributed by atoms with E-state index >= 15 is 0 Å². The largest absolute Gasteiger partial charge is 0.417 e. The lowest BCUT2D eigenvalue weighted by atomic mass is 10.1. The van der Waals surface area contributed by atoms with Crippen molar-refractivity contribution in [3.05, 3.63) is 54.1 Å². The van der Waals surface area contributed by atoms with Gasteiger partial charge in [0.2, 0.25) is 19.9 Å². The van der Waals surface area contributed by atoms with Gasteiger partial charge in [-0.2, -0.15) is 13.2 Å². The van der Waals surface area contributed by atoms with Gasteiger partial charge < -0.3 is 10.6 Å². The Labute approximate surface area is 239 Å². The molecule has 0 radical (unpaired) electrons. The number of carbonyl (C=O) groups is 1. The predicted molar refractivity (Wildman–Crippen MR) is 146 cm³/mol. The van der Waals surface area contributed by atoms with Crippen LogP contribution in [0.4, 0.5) is 18.0 Å². The average molecular weight is 628 g/mol. The van der Waals surface area contributed by atoms with Crippen molar-refractivity contribution < 1.29 is 39.3 Å². The van der Waals surface area contributed by atoms with Crippen molar-refractivity contribution in [3.63, 3.8) is 0 Å². The van der Waals surface area contributed by atoms with E-state index in [4.69, 9.17) is 0 Å². The first-order valence-electron chi connectivity index (χ1n) is 12.7. The van der Waals surface area contributed by atoms with Gasteiger partial charge in [0.15, 0.2) is 0 Å². The van der Waals surface area contributed by atoms with E-state index in [9.17, 15) is 34.8 Å². The number of carbonyl (C=O) groups excluding carboxylic acids is 1. The van der Waals surface area contributed by atoms with E-state index in [-0.39, 0.29) is 46.9 Å². The summed E-state index contributed by atoms with van der Waals surface area (Å²) in [5, 5.41) is 6.22. The van der Waals surface area contributed by atoms with Crippen molar-refractivity contribution in [3.8, 4) is 0 Å². The lowest BCUT2D eigenvalue weighted by Crippen LogP contribution is -2.61. The zero-order valence-electron chi connectivity index (χ0n) is 22.2. The number of urea groups is 1. The average Bonchev–Trinajstić information content (AvgIpc) is 2.91. The molecule has 0 unspecified atom stereocenters. The number of piperidine rings is 1. The van der Waals surface area contributed by atoms with Crippen LogP contribution < -0.4 is 15.4 Å². The molecule has 9 nitrogen and oxygen atoms in total. The molecule has 0 saturated carbocycles. The van der Waals surface area contributed by atoms with Crippen molar-refractivity contribution in [2.75, 3.05) is 39.3 Å². The van der Waals surface area contributed by atoms with E-state index in [1.165, 1.54) is 24.3 Å². The molecule has 1 aliphatic rings. The van der Waals surface area contributed by atoms with E-state index in [2.05, 4.69) is 15.4 Å². The molecule has 2 aromatic rings. The van der Waals surface area contributed by atoms with Gasteiger partial charge in [-0.05, 0) is 70.1 Å². The Balaban J connectivity index is 0.00000560. The number of hydrogen-bond donors (Lipinski definition) is 3. The van der Waals surface area contributed by atoms with Crippen molar-refractivity contribution in [1.82, 2.24) is 15.4 Å². The van der Waals surface area contributed by atoms with Crippen LogP contribution in [0.5, 0.6) is 0 Å². The second kappa shape index (κ2) is 13.6. The molecule has 1 heterocycles. The van der Waals surface area contributed by atoms with Gasteiger partial charge >= 0.3 is 12.2 Å². The Hall–Kier alpha value is -2.23. The number of hydrogen-bond acceptors (Lipinski definition) is 6. The lowest BCUT2D eigenvalue weighted by molar-refractivity contribution is -0.845. The number of likely N-dealkylation sites (N-methyl/N-ethyl adjacent to an activating group) is 1. The van der Waals surface area contributed by atoms with Crippen LogP contribution in [0.2, 0.25) is 0 Å². The SMILES string of the molecule is CC[N+](CC)(CCNS(=O)(=O)c1cc(S(=O)(=O)c2ccccc2)ccc1C(F)(F)F)C(=O)NC1CCNCC1.Cl. The van der Waals surface area contributed by atoms with Crippen LogP contribution in [0.25, 0.3) is 0 Å². The summed E-state index contributed by atoms with van der Waals surface area (Å²) in [5.74, 6) is 0. The maximum atomic E-state index is 13.8. The summed E-state index contributed by atoms with van der Waals surface area (Å²) in [5.41, 5.74) is -1.49. The number of sulfone groups is 1. The van der Waals surface area contributed by atoms with Crippen molar-refractivity contribution in [2.45, 2.75) is 53.6 Å². The van der Waals surface area contributed by atoms with Crippen LogP contribution in [0, 0.1) is 0 Å². The molecular formula is C25H35ClF3N4O5S2+. The first-order chi connectivity index (χ1) is 18.3. The van der Waals surface area contributed by atoms with Crippen LogP contribution in [-0.2, 0) is 26.0 Å². The van der Waals surface area contributed by atoms with Gasteiger partial charge in [0.05, 0.1) is 39.9 Å². The summed E-state index contributed by atoms with van der Waals surface area (Å²) in [4.78, 5) is 11.2. The summed E-state index contributed by atoms with van der Waals surface area (Å²) in [6, 6.07) is 8.42. The number of alkyl halides is 3. The van der Waals surface area contributed by atoms with Crippen LogP contribution in [0.3, 0.4) is 0 Å². The van der Waals surface area contributed by atoms with E-state index < -0.39 is 41.4 Å². The third-order valence-electron chi connectivity index (χ3n) is 7.05. The van der Waals surface area contributed by atoms with Crippen LogP contribution >= 0.6 is 12.4 Å². The topological polar surface area (TPSA) is 121 Å². The maximum absolute atomic E-state index is 13.8. The number of sulfonamides is 1. The van der Waals surface area contributed by atoms with Crippen molar-refractivity contribution >= 4 is 38.3 Å². The second-order valence-electron chi connectivity index (χ2n) is 9.34. The molecule has 0 aromatic heterocycles. The van der Waals surface area contributed by atoms with E-state index in [0.717, 1.165) is 32.0 Å². The van der Waals surface area contributed by atoms with E-state index in [1.54, 1.807) is 19.9 Å². The highest BCUT2D eigenvalue weighted by Crippen LogP contribution is 2.36.